The molecule has 7 heteroatoms. The Bertz CT molecular complexity index is 1320. The Labute approximate surface area is 194 Å². The quantitative estimate of drug-likeness (QED) is 0.575. The molecular weight excluding hydrogens is 436 g/mol. The van der Waals surface area contributed by atoms with Gasteiger partial charge in [0.05, 0.1) is 12.8 Å². The molecule has 0 saturated carbocycles. The summed E-state index contributed by atoms with van der Waals surface area (Å²) >= 11 is 0. The normalized spacial score (nSPS) is 15.5. The highest BCUT2D eigenvalue weighted by atomic mass is 32.2. The highest BCUT2D eigenvalue weighted by molar-refractivity contribution is 7.93. The predicted octanol–water partition coefficient (Wildman–Crippen LogP) is 4.43. The number of hydrogen-bond donors (Lipinski definition) is 0. The van der Waals surface area contributed by atoms with Gasteiger partial charge in [-0.15, -0.1) is 0 Å². The van der Waals surface area contributed by atoms with Crippen molar-refractivity contribution in [3.8, 4) is 5.75 Å². The highest BCUT2D eigenvalue weighted by Gasteiger charge is 2.33. The number of benzene rings is 3. The molecule has 2 heterocycles. The molecule has 170 valence electrons. The molecule has 5 rings (SSSR count). The third kappa shape index (κ3) is 3.76. The molecule has 0 unspecified atom stereocenters. The van der Waals surface area contributed by atoms with Crippen molar-refractivity contribution in [3.63, 3.8) is 0 Å². The van der Waals surface area contributed by atoms with E-state index in [0.717, 1.165) is 42.5 Å². The molecule has 2 aliphatic heterocycles. The number of rotatable bonds is 4. The fraction of sp³-hybridized carbons (Fsp3) is 0.269. The molecular formula is C26H26N2O4S. The topological polar surface area (TPSA) is 66.9 Å². The summed E-state index contributed by atoms with van der Waals surface area (Å²) in [4.78, 5) is 15.2. The number of amides is 1. The number of carbonyl (C=O) groups is 1. The van der Waals surface area contributed by atoms with Crippen LogP contribution in [0, 0.1) is 0 Å². The van der Waals surface area contributed by atoms with Gasteiger partial charge < -0.3 is 9.64 Å². The van der Waals surface area contributed by atoms with E-state index in [1.54, 1.807) is 17.0 Å². The largest absolute Gasteiger partial charge is 0.495 e. The molecule has 0 spiro atoms. The van der Waals surface area contributed by atoms with Crippen LogP contribution in [-0.4, -0.2) is 34.5 Å². The maximum absolute atomic E-state index is 13.8. The average Bonchev–Trinajstić information content (AvgIpc) is 2.87. The Morgan fingerprint density at radius 1 is 0.848 bits per heavy atom. The number of para-hydroxylation sites is 2. The summed E-state index contributed by atoms with van der Waals surface area (Å²) in [6, 6.07) is 20.1. The molecule has 0 aromatic heterocycles. The van der Waals surface area contributed by atoms with Crippen LogP contribution in [-0.2, 0) is 22.9 Å². The zero-order chi connectivity index (χ0) is 23.0. The Morgan fingerprint density at radius 3 is 2.21 bits per heavy atom. The summed E-state index contributed by atoms with van der Waals surface area (Å²) in [5, 5.41) is 0. The Hall–Kier alpha value is -3.32. The van der Waals surface area contributed by atoms with Crippen molar-refractivity contribution in [2.24, 2.45) is 0 Å². The Balaban J connectivity index is 1.56. The first-order chi connectivity index (χ1) is 16.0. The van der Waals surface area contributed by atoms with Crippen molar-refractivity contribution < 1.29 is 17.9 Å². The van der Waals surface area contributed by atoms with Crippen molar-refractivity contribution in [1.82, 2.24) is 0 Å². The molecule has 0 bridgehead atoms. The number of methoxy groups -OCH3 is 1. The Kier molecular flexibility index (Phi) is 5.58. The molecule has 0 aliphatic carbocycles. The van der Waals surface area contributed by atoms with Crippen LogP contribution in [0.4, 0.5) is 11.4 Å². The fourth-order valence-electron chi connectivity index (χ4n) is 4.78. The minimum Gasteiger partial charge on any atom is -0.495 e. The SMILES string of the molecule is COc1ccc(C(=O)N2CCCc3ccccc32)cc1S(=O)(=O)N1CCCc2ccccc21. The third-order valence-corrected chi connectivity index (χ3v) is 8.24. The van der Waals surface area contributed by atoms with Gasteiger partial charge in [0.15, 0.2) is 0 Å². The van der Waals surface area contributed by atoms with E-state index >= 15 is 0 Å². The first kappa shape index (κ1) is 21.5. The first-order valence-electron chi connectivity index (χ1n) is 11.2. The van der Waals surface area contributed by atoms with Gasteiger partial charge >= 0.3 is 0 Å². The monoisotopic (exact) mass is 462 g/mol. The van der Waals surface area contributed by atoms with Crippen LogP contribution in [0.5, 0.6) is 5.75 Å². The van der Waals surface area contributed by atoms with Crippen LogP contribution in [0.3, 0.4) is 0 Å². The van der Waals surface area contributed by atoms with Crippen LogP contribution in [0.25, 0.3) is 0 Å². The molecule has 3 aromatic rings. The number of fused-ring (bicyclic) bond motifs is 2. The van der Waals surface area contributed by atoms with E-state index in [4.69, 9.17) is 4.74 Å². The smallest absolute Gasteiger partial charge is 0.268 e. The lowest BCUT2D eigenvalue weighted by molar-refractivity contribution is 0.0985. The van der Waals surface area contributed by atoms with E-state index in [2.05, 4.69) is 0 Å². The molecule has 0 atom stereocenters. The van der Waals surface area contributed by atoms with Crippen molar-refractivity contribution in [2.75, 3.05) is 29.4 Å². The summed E-state index contributed by atoms with van der Waals surface area (Å²) < 4.78 is 34.5. The molecule has 1 amide bonds. The Morgan fingerprint density at radius 2 is 1.48 bits per heavy atom. The van der Waals surface area contributed by atoms with Crippen molar-refractivity contribution in [2.45, 2.75) is 30.6 Å². The summed E-state index contributed by atoms with van der Waals surface area (Å²) in [7, 11) is -2.48. The van der Waals surface area contributed by atoms with Crippen LogP contribution in [0.15, 0.2) is 71.6 Å². The molecule has 6 nitrogen and oxygen atoms in total. The van der Waals surface area contributed by atoms with Gasteiger partial charge in [-0.1, -0.05) is 36.4 Å². The van der Waals surface area contributed by atoms with Gasteiger partial charge in [-0.05, 0) is 67.1 Å². The van der Waals surface area contributed by atoms with Crippen LogP contribution in [0.2, 0.25) is 0 Å². The van der Waals surface area contributed by atoms with Gasteiger partial charge in [-0.2, -0.15) is 0 Å². The molecule has 2 aliphatic rings. The minimum atomic E-state index is -3.93. The van der Waals surface area contributed by atoms with Gasteiger partial charge in [0.25, 0.3) is 15.9 Å². The second-order valence-corrected chi connectivity index (χ2v) is 10.2. The minimum absolute atomic E-state index is 0.0119. The van der Waals surface area contributed by atoms with Gasteiger partial charge in [0, 0.05) is 24.3 Å². The van der Waals surface area contributed by atoms with Gasteiger partial charge in [0.2, 0.25) is 0 Å². The lowest BCUT2D eigenvalue weighted by Gasteiger charge is -2.31. The maximum Gasteiger partial charge on any atom is 0.268 e. The van der Waals surface area contributed by atoms with Crippen LogP contribution >= 0.6 is 0 Å². The number of ether oxygens (including phenoxy) is 1. The lowest BCUT2D eigenvalue weighted by atomic mass is 10.0. The average molecular weight is 463 g/mol. The number of anilines is 2. The molecule has 33 heavy (non-hydrogen) atoms. The van der Waals surface area contributed by atoms with Crippen molar-refractivity contribution in [1.29, 1.82) is 0 Å². The van der Waals surface area contributed by atoms with E-state index in [0.29, 0.717) is 24.3 Å². The van der Waals surface area contributed by atoms with E-state index in [-0.39, 0.29) is 16.6 Å². The third-order valence-electron chi connectivity index (χ3n) is 6.40. The number of aryl methyl sites for hydroxylation is 2. The predicted molar refractivity (Wildman–Crippen MR) is 129 cm³/mol. The molecule has 3 aromatic carbocycles. The second kappa shape index (κ2) is 8.56. The van der Waals surface area contributed by atoms with Gasteiger partial charge in [-0.25, -0.2) is 8.42 Å². The summed E-state index contributed by atoms with van der Waals surface area (Å²) in [5.41, 5.74) is 4.04. The van der Waals surface area contributed by atoms with Crippen molar-refractivity contribution in [3.05, 3.63) is 83.4 Å². The standard InChI is InChI=1S/C26H26N2O4S/c1-32-24-15-14-21(26(29)27-16-6-10-19-8-2-4-12-22(19)27)18-25(24)33(30,31)28-17-7-11-20-9-3-5-13-23(20)28/h2-5,8-9,12-15,18H,6-7,10-11,16-17H2,1H3. The summed E-state index contributed by atoms with van der Waals surface area (Å²) in [5.74, 6) is 0.0222. The van der Waals surface area contributed by atoms with E-state index < -0.39 is 10.0 Å². The van der Waals surface area contributed by atoms with Crippen LogP contribution in [0.1, 0.15) is 34.3 Å². The number of sulfonamides is 1. The fourth-order valence-corrected chi connectivity index (χ4v) is 6.50. The summed E-state index contributed by atoms with van der Waals surface area (Å²) in [6.45, 7) is 0.990. The zero-order valence-corrected chi connectivity index (χ0v) is 19.3. The first-order valence-corrected chi connectivity index (χ1v) is 12.6. The summed E-state index contributed by atoms with van der Waals surface area (Å²) in [6.07, 6.45) is 3.37. The van der Waals surface area contributed by atoms with E-state index in [1.807, 2.05) is 48.5 Å². The molecule has 0 radical (unpaired) electrons. The molecule has 0 saturated heterocycles. The van der Waals surface area contributed by atoms with E-state index in [1.165, 1.54) is 17.5 Å². The number of carbonyl (C=O) groups excluding carboxylic acids is 1. The molecule has 0 N–H and O–H groups in total. The lowest BCUT2D eigenvalue weighted by Crippen LogP contribution is -2.37. The maximum atomic E-state index is 13.8. The van der Waals surface area contributed by atoms with Crippen LogP contribution < -0.4 is 13.9 Å². The number of nitrogens with zero attached hydrogens (tertiary/aromatic N) is 2. The van der Waals surface area contributed by atoms with E-state index in [9.17, 15) is 13.2 Å². The zero-order valence-electron chi connectivity index (χ0n) is 18.5. The van der Waals surface area contributed by atoms with Gasteiger partial charge in [-0.3, -0.25) is 9.10 Å². The van der Waals surface area contributed by atoms with Gasteiger partial charge in [0.1, 0.15) is 10.6 Å². The number of hydrogen-bond acceptors (Lipinski definition) is 4. The van der Waals surface area contributed by atoms with Crippen molar-refractivity contribution >= 4 is 27.3 Å². The molecule has 0 fully saturated rings. The second-order valence-electron chi connectivity index (χ2n) is 8.36. The highest BCUT2D eigenvalue weighted by Crippen LogP contribution is 2.36.